The molecule has 0 aliphatic heterocycles. The Morgan fingerprint density at radius 2 is 2.22 bits per heavy atom. The molecule has 0 radical (unpaired) electrons. The first-order chi connectivity index (χ1) is 13.0. The molecule has 0 aliphatic carbocycles. The zero-order valence-corrected chi connectivity index (χ0v) is 16.6. The Hall–Kier alpha value is -2.33. The molecule has 8 heteroatoms. The third kappa shape index (κ3) is 5.57. The van der Waals surface area contributed by atoms with Crippen molar-refractivity contribution in [3.05, 3.63) is 51.3 Å². The molecule has 0 bridgehead atoms. The van der Waals surface area contributed by atoms with Gasteiger partial charge in [-0.3, -0.25) is 4.79 Å². The lowest BCUT2D eigenvalue weighted by atomic mass is 10.1. The lowest BCUT2D eigenvalue weighted by Crippen LogP contribution is -2.26. The van der Waals surface area contributed by atoms with Crippen LogP contribution in [0.25, 0.3) is 11.8 Å². The molecule has 0 unspecified atom stereocenters. The molecule has 1 aromatic heterocycles. The molecule has 27 heavy (non-hydrogen) atoms. The highest BCUT2D eigenvalue weighted by molar-refractivity contribution is 6.32. The molecule has 1 heterocycles. The minimum atomic E-state index is -0.458. The fraction of sp³-hybridized carbons (Fsp3) is 0.316. The van der Waals surface area contributed by atoms with Crippen LogP contribution in [0.3, 0.4) is 0 Å². The molecule has 6 nitrogen and oxygen atoms in total. The SMILES string of the molecule is CCOCCCNC(=O)C(C#N)=Cc1c(C)nn(-c2cccc(Cl)c2)c1Cl. The van der Waals surface area contributed by atoms with Crippen LogP contribution in [0.1, 0.15) is 24.6 Å². The Bertz CT molecular complexity index is 884. The maximum atomic E-state index is 12.2. The summed E-state index contributed by atoms with van der Waals surface area (Å²) in [4.78, 5) is 12.2. The molecule has 2 aromatic rings. The highest BCUT2D eigenvalue weighted by Crippen LogP contribution is 2.26. The highest BCUT2D eigenvalue weighted by Gasteiger charge is 2.16. The van der Waals surface area contributed by atoms with E-state index in [4.69, 9.17) is 27.9 Å². The number of ether oxygens (including phenoxy) is 1. The number of nitrogens with zero attached hydrogens (tertiary/aromatic N) is 3. The van der Waals surface area contributed by atoms with Gasteiger partial charge in [0.2, 0.25) is 0 Å². The number of rotatable bonds is 8. The molecule has 0 spiro atoms. The van der Waals surface area contributed by atoms with Crippen molar-refractivity contribution in [2.75, 3.05) is 19.8 Å². The number of aryl methyl sites for hydroxylation is 1. The second-order valence-corrected chi connectivity index (χ2v) is 6.45. The van der Waals surface area contributed by atoms with Crippen molar-refractivity contribution in [1.29, 1.82) is 5.26 Å². The van der Waals surface area contributed by atoms with E-state index in [-0.39, 0.29) is 5.57 Å². The molecule has 142 valence electrons. The van der Waals surface area contributed by atoms with Crippen molar-refractivity contribution in [2.45, 2.75) is 20.3 Å². The van der Waals surface area contributed by atoms with E-state index in [2.05, 4.69) is 10.4 Å². The van der Waals surface area contributed by atoms with Crippen LogP contribution < -0.4 is 5.32 Å². The van der Waals surface area contributed by atoms with E-state index in [0.29, 0.717) is 53.3 Å². The quantitative estimate of drug-likeness (QED) is 0.409. The van der Waals surface area contributed by atoms with Crippen LogP contribution in [0.5, 0.6) is 0 Å². The first kappa shape index (κ1) is 21.0. The van der Waals surface area contributed by atoms with Crippen LogP contribution in [0.4, 0.5) is 0 Å². The average Bonchev–Trinajstić information content (AvgIpc) is 2.93. The normalized spacial score (nSPS) is 11.3. The minimum absolute atomic E-state index is 0.0398. The van der Waals surface area contributed by atoms with Gasteiger partial charge in [-0.05, 0) is 44.5 Å². The van der Waals surface area contributed by atoms with Gasteiger partial charge in [-0.2, -0.15) is 10.4 Å². The van der Waals surface area contributed by atoms with Crippen LogP contribution in [-0.4, -0.2) is 35.4 Å². The van der Waals surface area contributed by atoms with Gasteiger partial charge in [-0.25, -0.2) is 4.68 Å². The van der Waals surface area contributed by atoms with Crippen molar-refractivity contribution >= 4 is 35.2 Å². The maximum absolute atomic E-state index is 12.2. The average molecular weight is 407 g/mol. The van der Waals surface area contributed by atoms with Gasteiger partial charge < -0.3 is 10.1 Å². The number of nitriles is 1. The largest absolute Gasteiger partial charge is 0.382 e. The van der Waals surface area contributed by atoms with Crippen molar-refractivity contribution in [3.8, 4) is 11.8 Å². The molecule has 0 saturated carbocycles. The number of aromatic nitrogens is 2. The van der Waals surface area contributed by atoms with E-state index in [1.165, 1.54) is 10.8 Å². The number of halogens is 2. The zero-order valence-electron chi connectivity index (χ0n) is 15.1. The summed E-state index contributed by atoms with van der Waals surface area (Å²) in [5.41, 5.74) is 1.76. The second kappa shape index (κ2) is 10.1. The number of carbonyl (C=O) groups excluding carboxylic acids is 1. The fourth-order valence-electron chi connectivity index (χ4n) is 2.36. The van der Waals surface area contributed by atoms with Gasteiger partial charge in [0.1, 0.15) is 16.8 Å². The van der Waals surface area contributed by atoms with Crippen LogP contribution in [0.15, 0.2) is 29.8 Å². The third-order valence-electron chi connectivity index (χ3n) is 3.71. The van der Waals surface area contributed by atoms with E-state index < -0.39 is 5.91 Å². The number of carbonyl (C=O) groups is 1. The van der Waals surface area contributed by atoms with Crippen molar-refractivity contribution in [1.82, 2.24) is 15.1 Å². The van der Waals surface area contributed by atoms with Gasteiger partial charge in [-0.15, -0.1) is 0 Å². The molecular weight excluding hydrogens is 387 g/mol. The lowest BCUT2D eigenvalue weighted by Gasteiger charge is -2.05. The first-order valence-electron chi connectivity index (χ1n) is 8.46. The Morgan fingerprint density at radius 3 is 2.89 bits per heavy atom. The summed E-state index contributed by atoms with van der Waals surface area (Å²) >= 11 is 12.5. The number of nitrogens with one attached hydrogen (secondary N) is 1. The van der Waals surface area contributed by atoms with E-state index in [9.17, 15) is 10.1 Å². The fourth-order valence-corrected chi connectivity index (χ4v) is 2.87. The predicted molar refractivity (Wildman–Crippen MR) is 106 cm³/mol. The topological polar surface area (TPSA) is 79.9 Å². The smallest absolute Gasteiger partial charge is 0.261 e. The van der Waals surface area contributed by atoms with Crippen LogP contribution >= 0.6 is 23.2 Å². The number of hydrogen-bond acceptors (Lipinski definition) is 4. The Labute approximate surface area is 168 Å². The molecule has 0 atom stereocenters. The highest BCUT2D eigenvalue weighted by atomic mass is 35.5. The van der Waals surface area contributed by atoms with Crippen molar-refractivity contribution in [2.24, 2.45) is 0 Å². The van der Waals surface area contributed by atoms with Gasteiger partial charge in [-0.1, -0.05) is 29.3 Å². The molecular formula is C19H20Cl2N4O2. The minimum Gasteiger partial charge on any atom is -0.382 e. The Kier molecular flexibility index (Phi) is 7.86. The van der Waals surface area contributed by atoms with Gasteiger partial charge in [0.05, 0.1) is 11.4 Å². The van der Waals surface area contributed by atoms with Gasteiger partial charge >= 0.3 is 0 Å². The van der Waals surface area contributed by atoms with Crippen LogP contribution in [-0.2, 0) is 9.53 Å². The Morgan fingerprint density at radius 1 is 1.44 bits per heavy atom. The van der Waals surface area contributed by atoms with Gasteiger partial charge in [0.15, 0.2) is 0 Å². The third-order valence-corrected chi connectivity index (χ3v) is 4.31. The number of hydrogen-bond donors (Lipinski definition) is 1. The molecule has 2 rings (SSSR count). The summed E-state index contributed by atoms with van der Waals surface area (Å²) in [5, 5.41) is 17.3. The summed E-state index contributed by atoms with van der Waals surface area (Å²) in [6.07, 6.45) is 2.12. The molecule has 0 aliphatic rings. The Balaban J connectivity index is 2.21. The first-order valence-corrected chi connectivity index (χ1v) is 9.22. The summed E-state index contributed by atoms with van der Waals surface area (Å²) in [7, 11) is 0. The molecule has 0 fully saturated rings. The summed E-state index contributed by atoms with van der Waals surface area (Å²) < 4.78 is 6.73. The molecule has 1 amide bonds. The van der Waals surface area contributed by atoms with Crippen molar-refractivity contribution in [3.63, 3.8) is 0 Å². The monoisotopic (exact) mass is 406 g/mol. The summed E-state index contributed by atoms with van der Waals surface area (Å²) in [5.74, 6) is -0.458. The molecule has 1 N–H and O–H groups in total. The van der Waals surface area contributed by atoms with E-state index in [1.807, 2.05) is 19.1 Å². The predicted octanol–water partition coefficient (Wildman–Crippen LogP) is 3.94. The summed E-state index contributed by atoms with van der Waals surface area (Å²) in [6.45, 7) is 5.27. The maximum Gasteiger partial charge on any atom is 0.261 e. The van der Waals surface area contributed by atoms with Crippen LogP contribution in [0, 0.1) is 18.3 Å². The molecule has 1 aromatic carbocycles. The molecule has 0 saturated heterocycles. The van der Waals surface area contributed by atoms with E-state index in [1.54, 1.807) is 25.1 Å². The standard InChI is InChI=1S/C19H20Cl2N4O2/c1-3-27-9-5-8-23-19(26)14(12-22)10-17-13(2)24-25(18(17)21)16-7-4-6-15(20)11-16/h4,6-7,10-11H,3,5,8-9H2,1-2H3,(H,23,26). The lowest BCUT2D eigenvalue weighted by molar-refractivity contribution is -0.117. The summed E-state index contributed by atoms with van der Waals surface area (Å²) in [6, 6.07) is 8.99. The van der Waals surface area contributed by atoms with Crippen molar-refractivity contribution < 1.29 is 9.53 Å². The number of amides is 1. The van der Waals surface area contributed by atoms with Gasteiger partial charge in [0, 0.05) is 30.3 Å². The van der Waals surface area contributed by atoms with Gasteiger partial charge in [0.25, 0.3) is 5.91 Å². The second-order valence-electron chi connectivity index (χ2n) is 5.66. The van der Waals surface area contributed by atoms with Crippen LogP contribution in [0.2, 0.25) is 10.2 Å². The zero-order chi connectivity index (χ0) is 19.8. The van der Waals surface area contributed by atoms with E-state index >= 15 is 0 Å². The number of benzene rings is 1. The van der Waals surface area contributed by atoms with E-state index in [0.717, 1.165) is 0 Å².